The summed E-state index contributed by atoms with van der Waals surface area (Å²) in [6.07, 6.45) is 2.29. The molecule has 0 radical (unpaired) electrons. The first-order chi connectivity index (χ1) is 23.0. The number of imidazole rings is 1. The third kappa shape index (κ3) is 6.08. The van der Waals surface area contributed by atoms with Crippen LogP contribution in [-0.4, -0.2) is 23.1 Å². The van der Waals surface area contributed by atoms with E-state index >= 15 is 0 Å². The molecule has 0 aliphatic carbocycles. The van der Waals surface area contributed by atoms with E-state index in [0.717, 1.165) is 15.0 Å². The second kappa shape index (κ2) is 13.8. The van der Waals surface area contributed by atoms with E-state index < -0.39 is 18.2 Å². The number of pyridine rings is 1. The molecule has 0 saturated heterocycles. The Kier molecular flexibility index (Phi) is 9.15. The fraction of sp³-hybridized carbons (Fsp3) is 0.119. The maximum atomic E-state index is 7.08. The van der Waals surface area contributed by atoms with Crippen molar-refractivity contribution in [3.63, 3.8) is 0 Å². The maximum absolute atomic E-state index is 7.08. The van der Waals surface area contributed by atoms with Crippen LogP contribution >= 0.6 is 9.19 Å². The number of nitrogens with zero attached hydrogens (tertiary/aromatic N) is 3. The Morgan fingerprint density at radius 1 is 0.574 bits per heavy atom. The molecule has 7 rings (SSSR count). The first-order valence-electron chi connectivity index (χ1n) is 15.8. The Morgan fingerprint density at radius 2 is 1.00 bits per heavy atom. The van der Waals surface area contributed by atoms with Crippen LogP contribution in [-0.2, 0) is 18.2 Å². The van der Waals surface area contributed by atoms with Gasteiger partial charge >= 0.3 is 292 Å². The van der Waals surface area contributed by atoms with Crippen LogP contribution in [0.25, 0.3) is 11.2 Å². The molecule has 0 fully saturated rings. The summed E-state index contributed by atoms with van der Waals surface area (Å²) in [7, 11) is 11.3. The quantitative estimate of drug-likeness (QED) is 0.110. The summed E-state index contributed by atoms with van der Waals surface area (Å²) >= 11 is -0.727. The van der Waals surface area contributed by atoms with Gasteiger partial charge in [0, 0.05) is 0 Å². The van der Waals surface area contributed by atoms with Crippen LogP contribution in [0, 0.1) is 10.6 Å². The number of aryl methyl sites for hydroxylation is 1. The Hall–Kier alpha value is -4.38. The molecule has 5 heteroatoms. The minimum atomic E-state index is -0.727. The standard InChI is InChI=1S/C42H37N3.Au.ClH/c1-31-27-37(40(32-17-8-4-9-18-32)33-19-10-5-11-20-33)42(44-29-36-25-16-26-39(43(2)3)45(36)30-44)38(28-31)41(34-21-12-6-13-22-34)35-23-14-7-15-24-35;;/h4-29,40-41H,1-3H3;;1H/q;+1;/p-1. The Balaban J connectivity index is 1.66. The first-order valence-corrected chi connectivity index (χ1v) is 19.6. The summed E-state index contributed by atoms with van der Waals surface area (Å²) in [5.74, 6) is 1.11. The van der Waals surface area contributed by atoms with Gasteiger partial charge in [0.15, 0.2) is 0 Å². The molecule has 0 atom stereocenters. The van der Waals surface area contributed by atoms with Gasteiger partial charge in [0.05, 0.1) is 0 Å². The van der Waals surface area contributed by atoms with Gasteiger partial charge in [0.1, 0.15) is 0 Å². The van der Waals surface area contributed by atoms with Crippen LogP contribution in [0.1, 0.15) is 50.8 Å². The number of benzene rings is 5. The number of aromatic nitrogens is 2. The summed E-state index contributed by atoms with van der Waals surface area (Å²) in [5, 5.41) is 0. The van der Waals surface area contributed by atoms with Crippen molar-refractivity contribution in [1.29, 1.82) is 0 Å². The predicted molar refractivity (Wildman–Crippen MR) is 193 cm³/mol. The molecule has 238 valence electrons. The van der Waals surface area contributed by atoms with Crippen molar-refractivity contribution < 1.29 is 18.2 Å². The van der Waals surface area contributed by atoms with E-state index in [0.29, 0.717) is 0 Å². The van der Waals surface area contributed by atoms with Crippen LogP contribution < -0.4 is 4.90 Å². The van der Waals surface area contributed by atoms with Crippen molar-refractivity contribution in [1.82, 2.24) is 8.97 Å². The van der Waals surface area contributed by atoms with Crippen LogP contribution in [0.3, 0.4) is 0 Å². The van der Waals surface area contributed by atoms with Gasteiger partial charge in [-0.05, 0) is 0 Å². The number of fused-ring (bicyclic) bond motifs is 1. The van der Waals surface area contributed by atoms with Gasteiger partial charge in [-0.2, -0.15) is 0 Å². The van der Waals surface area contributed by atoms with Gasteiger partial charge in [0.2, 0.25) is 0 Å². The molecule has 2 heterocycles. The molecule has 0 aliphatic rings. The van der Waals surface area contributed by atoms with Crippen molar-refractivity contribution in [2.45, 2.75) is 18.8 Å². The molecule has 2 aromatic heterocycles. The molecule has 0 spiro atoms. The summed E-state index contributed by atoms with van der Waals surface area (Å²) in [5.41, 5.74) is 11.1. The second-order valence-electron chi connectivity index (χ2n) is 12.1. The van der Waals surface area contributed by atoms with E-state index in [2.05, 4.69) is 193 Å². The van der Waals surface area contributed by atoms with Crippen LogP contribution in [0.2, 0.25) is 0 Å². The zero-order chi connectivity index (χ0) is 32.3. The van der Waals surface area contributed by atoms with Crippen molar-refractivity contribution in [3.05, 3.63) is 200 Å². The molecule has 3 nitrogen and oxygen atoms in total. The number of hydrogen-bond acceptors (Lipinski definition) is 1. The second-order valence-corrected chi connectivity index (χ2v) is 14.4. The molecule has 47 heavy (non-hydrogen) atoms. The van der Waals surface area contributed by atoms with Crippen molar-refractivity contribution in [3.8, 4) is 5.69 Å². The summed E-state index contributed by atoms with van der Waals surface area (Å²) in [6.45, 7) is 2.23. The molecule has 5 aromatic carbocycles. The third-order valence-corrected chi connectivity index (χ3v) is 11.0. The van der Waals surface area contributed by atoms with Crippen molar-refractivity contribution in [2.75, 3.05) is 19.0 Å². The summed E-state index contributed by atoms with van der Waals surface area (Å²) < 4.78 is 5.86. The molecular formula is C42H37AuClN3. The van der Waals surface area contributed by atoms with Crippen LogP contribution in [0.4, 0.5) is 5.82 Å². The molecule has 7 aromatic rings. The summed E-state index contributed by atoms with van der Waals surface area (Å²) in [4.78, 5) is 2.17. The van der Waals surface area contributed by atoms with E-state index in [-0.39, 0.29) is 11.8 Å². The van der Waals surface area contributed by atoms with E-state index in [4.69, 9.17) is 9.19 Å². The predicted octanol–water partition coefficient (Wildman–Crippen LogP) is 10.2. The Labute approximate surface area is 290 Å². The molecule has 0 aliphatic heterocycles. The third-order valence-electron chi connectivity index (χ3n) is 8.83. The Morgan fingerprint density at radius 3 is 1.38 bits per heavy atom. The molecular weight excluding hydrogens is 779 g/mol. The normalized spacial score (nSPS) is 12.3. The fourth-order valence-corrected chi connectivity index (χ4v) is 9.03. The first kappa shape index (κ1) is 31.2. The van der Waals surface area contributed by atoms with E-state index in [1.165, 1.54) is 44.6 Å². The number of hydrogen-bond donors (Lipinski definition) is 0. The summed E-state index contributed by atoms with van der Waals surface area (Å²) in [6, 6.07) is 54.9. The molecule has 0 bridgehead atoms. The van der Waals surface area contributed by atoms with Gasteiger partial charge in [0.25, 0.3) is 0 Å². The average molecular weight is 816 g/mol. The number of halogens is 1. The van der Waals surface area contributed by atoms with Gasteiger partial charge in [-0.15, -0.1) is 0 Å². The SMILES string of the molecule is Cc1cc(C(c2ccccc2)c2ccccc2)c(-n2cc3cccc(N(C)C)n3[c]2=[Au][Cl])c(C(c2ccccc2)c2ccccc2)c1. The number of anilines is 1. The zero-order valence-corrected chi connectivity index (χ0v) is 29.6. The minimum absolute atomic E-state index is 0.00178. The monoisotopic (exact) mass is 815 g/mol. The van der Waals surface area contributed by atoms with Gasteiger partial charge < -0.3 is 0 Å². The number of rotatable bonds is 8. The van der Waals surface area contributed by atoms with Gasteiger partial charge in [-0.3, -0.25) is 0 Å². The Bertz CT molecular complexity index is 2010. The topological polar surface area (TPSA) is 12.6 Å². The molecule has 0 unspecified atom stereocenters. The zero-order valence-electron chi connectivity index (χ0n) is 26.7. The van der Waals surface area contributed by atoms with E-state index in [1.807, 2.05) is 0 Å². The van der Waals surface area contributed by atoms with Crippen LogP contribution in [0.5, 0.6) is 0 Å². The van der Waals surface area contributed by atoms with Crippen molar-refractivity contribution in [2.24, 2.45) is 0 Å². The van der Waals surface area contributed by atoms with Crippen LogP contribution in [0.15, 0.2) is 158 Å². The van der Waals surface area contributed by atoms with Gasteiger partial charge in [-0.1, -0.05) is 0 Å². The van der Waals surface area contributed by atoms with Crippen molar-refractivity contribution >= 4 is 20.5 Å². The molecule has 0 amide bonds. The van der Waals surface area contributed by atoms with Gasteiger partial charge in [-0.25, -0.2) is 0 Å². The molecule has 0 saturated carbocycles. The average Bonchev–Trinajstić information content (AvgIpc) is 3.48. The molecule has 0 N–H and O–H groups in total. The van der Waals surface area contributed by atoms with E-state index in [1.54, 1.807) is 0 Å². The fourth-order valence-electron chi connectivity index (χ4n) is 6.87. The van der Waals surface area contributed by atoms with E-state index in [9.17, 15) is 0 Å².